The summed E-state index contributed by atoms with van der Waals surface area (Å²) in [7, 11) is 3.30. The number of fused-ring (bicyclic) bond motifs is 1. The van der Waals surface area contributed by atoms with Crippen LogP contribution in [0, 0.1) is 24.5 Å². The van der Waals surface area contributed by atoms with Gasteiger partial charge in [0, 0.05) is 56.7 Å². The number of piperidine rings is 1. The van der Waals surface area contributed by atoms with Crippen molar-refractivity contribution < 1.29 is 28.1 Å². The average molecular weight is 510 g/mol. The molecule has 0 saturated carbocycles. The molecule has 5 rings (SSSR count). The van der Waals surface area contributed by atoms with Crippen LogP contribution >= 0.6 is 0 Å². The summed E-state index contributed by atoms with van der Waals surface area (Å²) in [6, 6.07) is 15.6. The van der Waals surface area contributed by atoms with Gasteiger partial charge in [0.1, 0.15) is 23.1 Å². The molecule has 1 fully saturated rings. The summed E-state index contributed by atoms with van der Waals surface area (Å²) in [6.45, 7) is 3.52. The van der Waals surface area contributed by atoms with Crippen LogP contribution in [0.15, 0.2) is 54.6 Å². The third-order valence-corrected chi connectivity index (χ3v) is 7.82. The van der Waals surface area contributed by atoms with Crippen molar-refractivity contribution in [2.45, 2.75) is 37.9 Å². The van der Waals surface area contributed by atoms with Gasteiger partial charge in [-0.2, -0.15) is 0 Å². The average Bonchev–Trinajstić information content (AvgIpc) is 2.90. The zero-order valence-corrected chi connectivity index (χ0v) is 21.4. The highest BCUT2D eigenvalue weighted by molar-refractivity contribution is 5.55. The third kappa shape index (κ3) is 5.03. The van der Waals surface area contributed by atoms with Crippen LogP contribution in [0.1, 0.15) is 46.9 Å². The summed E-state index contributed by atoms with van der Waals surface area (Å²) in [5.41, 5.74) is 3.76. The lowest BCUT2D eigenvalue weighted by molar-refractivity contribution is -0.141. The normalized spacial score (nSPS) is 20.1. The Morgan fingerprint density at radius 3 is 2.32 bits per heavy atom. The van der Waals surface area contributed by atoms with Crippen molar-refractivity contribution in [3.05, 3.63) is 88.5 Å². The number of benzene rings is 3. The fourth-order valence-corrected chi connectivity index (χ4v) is 5.86. The molecular weight excluding hydrogens is 476 g/mol. The van der Waals surface area contributed by atoms with Gasteiger partial charge in [-0.25, -0.2) is 8.78 Å². The summed E-state index contributed by atoms with van der Waals surface area (Å²) in [6.07, 6.45) is 1.47. The topological polar surface area (TPSA) is 51.2 Å². The number of phenolic OH excluding ortho intramolecular Hbond substituents is 1. The Kier molecular flexibility index (Phi) is 7.36. The highest BCUT2D eigenvalue weighted by atomic mass is 19.1. The first-order valence-corrected chi connectivity index (χ1v) is 12.7. The second-order valence-corrected chi connectivity index (χ2v) is 10.0. The molecule has 1 N–H and O–H groups in total. The van der Waals surface area contributed by atoms with Crippen molar-refractivity contribution in [1.29, 1.82) is 0 Å². The summed E-state index contributed by atoms with van der Waals surface area (Å²) in [5, 5.41) is 10.0. The molecule has 0 aliphatic carbocycles. The molecule has 3 aromatic rings. The Hall–Kier alpha value is -3.16. The van der Waals surface area contributed by atoms with E-state index in [1.54, 1.807) is 45.4 Å². The van der Waals surface area contributed by atoms with Crippen molar-refractivity contribution in [1.82, 2.24) is 0 Å². The number of aromatic hydroxyl groups is 1. The molecule has 2 aliphatic rings. The maximum absolute atomic E-state index is 15.7. The Bertz CT molecular complexity index is 1250. The van der Waals surface area contributed by atoms with Crippen molar-refractivity contribution >= 4 is 5.69 Å². The minimum absolute atomic E-state index is 0.114. The van der Waals surface area contributed by atoms with Gasteiger partial charge < -0.3 is 24.2 Å². The van der Waals surface area contributed by atoms with E-state index in [9.17, 15) is 9.50 Å². The summed E-state index contributed by atoms with van der Waals surface area (Å²) >= 11 is 0. The van der Waals surface area contributed by atoms with Crippen molar-refractivity contribution in [3.8, 4) is 11.5 Å². The first kappa shape index (κ1) is 25.5. The van der Waals surface area contributed by atoms with Gasteiger partial charge in [0.05, 0.1) is 12.3 Å². The van der Waals surface area contributed by atoms with E-state index in [0.717, 1.165) is 42.6 Å². The van der Waals surface area contributed by atoms with Crippen LogP contribution in [0.5, 0.6) is 11.5 Å². The van der Waals surface area contributed by atoms with Crippen LogP contribution < -0.4 is 9.64 Å². The maximum atomic E-state index is 15.7. The number of hydrogen-bond acceptors (Lipinski definition) is 5. The molecule has 0 spiro atoms. The number of methoxy groups -OCH3 is 2. The predicted octanol–water partition coefficient (Wildman–Crippen LogP) is 6.12. The van der Waals surface area contributed by atoms with Crippen LogP contribution in [0.2, 0.25) is 0 Å². The lowest BCUT2D eigenvalue weighted by Crippen LogP contribution is -2.39. The molecule has 0 bridgehead atoms. The van der Waals surface area contributed by atoms with Crippen LogP contribution in [0.3, 0.4) is 0 Å². The molecule has 0 unspecified atom stereocenters. The number of halogens is 2. The van der Waals surface area contributed by atoms with Gasteiger partial charge in [0.2, 0.25) is 0 Å². The molecule has 0 amide bonds. The van der Waals surface area contributed by atoms with E-state index >= 15 is 4.39 Å². The Morgan fingerprint density at radius 1 is 0.919 bits per heavy atom. The Morgan fingerprint density at radius 2 is 1.65 bits per heavy atom. The lowest BCUT2D eigenvalue weighted by Gasteiger charge is -2.37. The van der Waals surface area contributed by atoms with Crippen LogP contribution in [0.4, 0.5) is 14.5 Å². The second kappa shape index (κ2) is 10.7. The monoisotopic (exact) mass is 509 g/mol. The number of nitrogens with zero attached hydrogens (tertiary/aromatic N) is 1. The van der Waals surface area contributed by atoms with Crippen LogP contribution in [-0.4, -0.2) is 45.3 Å². The number of phenols is 1. The Labute approximate surface area is 216 Å². The largest absolute Gasteiger partial charge is 0.508 e. The van der Waals surface area contributed by atoms with E-state index in [1.165, 1.54) is 6.07 Å². The molecule has 0 aromatic heterocycles. The smallest absolute Gasteiger partial charge is 0.159 e. The number of ether oxygens (including phenoxy) is 3. The molecule has 37 heavy (non-hydrogen) atoms. The molecular formula is C30H33F2NO4. The highest BCUT2D eigenvalue weighted by Crippen LogP contribution is 2.47. The number of rotatable bonds is 6. The minimum Gasteiger partial charge on any atom is -0.508 e. The predicted molar refractivity (Wildman–Crippen MR) is 138 cm³/mol. The van der Waals surface area contributed by atoms with Gasteiger partial charge in [-0.05, 0) is 60.7 Å². The molecule has 196 valence electrons. The number of hydrogen-bond donors (Lipinski definition) is 1. The summed E-state index contributed by atoms with van der Waals surface area (Å²) in [5.74, 6) is 0.0875. The van der Waals surface area contributed by atoms with Crippen LogP contribution in [-0.2, 0) is 9.47 Å². The molecule has 1 saturated heterocycles. The molecule has 0 radical (unpaired) electrons. The summed E-state index contributed by atoms with van der Waals surface area (Å²) < 4.78 is 46.5. The molecule has 2 heterocycles. The molecule has 2 aliphatic heterocycles. The van der Waals surface area contributed by atoms with Crippen molar-refractivity contribution in [2.24, 2.45) is 5.92 Å². The van der Waals surface area contributed by atoms with E-state index < -0.39 is 0 Å². The molecule has 3 aromatic carbocycles. The molecule has 5 nitrogen and oxygen atoms in total. The minimum atomic E-state index is -0.271. The fraction of sp³-hybridized carbons (Fsp3) is 0.400. The number of anilines is 1. The standard InChI is InChI=1S/C30H33F2NO4/c1-18-14-20(4-8-25(18)31)24-17-37-28-16-22(34)6-7-23(28)29(24)21-5-9-27(26(32)15-21)33-12-10-19(11-13-33)30(35-2)36-3/h4-9,14-16,19,24,29-30,34H,10-13,17H2,1-3H3/t24-,29-/m1/s1. The van der Waals surface area contributed by atoms with E-state index in [-0.39, 0.29) is 41.4 Å². The number of aryl methyl sites for hydroxylation is 1. The van der Waals surface area contributed by atoms with Crippen molar-refractivity contribution in [3.63, 3.8) is 0 Å². The van der Waals surface area contributed by atoms with Gasteiger partial charge in [0.25, 0.3) is 0 Å². The van der Waals surface area contributed by atoms with Gasteiger partial charge >= 0.3 is 0 Å². The lowest BCUT2D eigenvalue weighted by atomic mass is 9.75. The molecule has 7 heteroatoms. The zero-order chi connectivity index (χ0) is 26.1. The first-order chi connectivity index (χ1) is 17.9. The SMILES string of the molecule is COC(OC)C1CCN(c2ccc([C@@H]3c4ccc(O)cc4OC[C@@H]3c3ccc(F)c(C)c3)cc2F)CC1. The highest BCUT2D eigenvalue weighted by Gasteiger charge is 2.35. The zero-order valence-electron chi connectivity index (χ0n) is 21.4. The third-order valence-electron chi connectivity index (χ3n) is 7.82. The van der Waals surface area contributed by atoms with E-state index in [4.69, 9.17) is 14.2 Å². The van der Waals surface area contributed by atoms with Gasteiger partial charge in [-0.1, -0.05) is 24.3 Å². The van der Waals surface area contributed by atoms with Gasteiger partial charge in [-0.3, -0.25) is 0 Å². The first-order valence-electron chi connectivity index (χ1n) is 12.7. The Balaban J connectivity index is 1.46. The van der Waals surface area contributed by atoms with Crippen LogP contribution in [0.25, 0.3) is 0 Å². The van der Waals surface area contributed by atoms with Gasteiger partial charge in [0.15, 0.2) is 6.29 Å². The van der Waals surface area contributed by atoms with Crippen molar-refractivity contribution in [2.75, 3.05) is 38.8 Å². The van der Waals surface area contributed by atoms with E-state index in [1.807, 2.05) is 24.3 Å². The van der Waals surface area contributed by atoms with E-state index in [0.29, 0.717) is 23.6 Å². The second-order valence-electron chi connectivity index (χ2n) is 10.0. The molecule has 2 atom stereocenters. The maximum Gasteiger partial charge on any atom is 0.159 e. The fourth-order valence-electron chi connectivity index (χ4n) is 5.86. The summed E-state index contributed by atoms with van der Waals surface area (Å²) in [4.78, 5) is 2.08. The quantitative estimate of drug-likeness (QED) is 0.406. The van der Waals surface area contributed by atoms with E-state index in [2.05, 4.69) is 4.90 Å². The van der Waals surface area contributed by atoms with Gasteiger partial charge in [-0.15, -0.1) is 0 Å².